The third-order valence-electron chi connectivity index (χ3n) is 0.712. The Kier molecular flexibility index (Phi) is 5.72. The Morgan fingerprint density at radius 3 is 1.83 bits per heavy atom. The Bertz CT molecular complexity index is 235. The summed E-state index contributed by atoms with van der Waals surface area (Å²) in [7, 11) is -5.16. The minimum absolute atomic E-state index is 0. The first-order valence-electron chi connectivity index (χ1n) is 2.35. The van der Waals surface area contributed by atoms with Crippen molar-refractivity contribution in [3.8, 4) is 0 Å². The second kappa shape index (κ2) is 4.77. The summed E-state index contributed by atoms with van der Waals surface area (Å²) in [4.78, 5) is 35.3. The van der Waals surface area contributed by atoms with Gasteiger partial charge in [0.1, 0.15) is 0 Å². The predicted octanol–water partition coefficient (Wildman–Crippen LogP) is -4.00. The van der Waals surface area contributed by atoms with E-state index in [1.807, 2.05) is 0 Å². The van der Waals surface area contributed by atoms with Crippen molar-refractivity contribution in [3.63, 3.8) is 0 Å². The van der Waals surface area contributed by atoms with Gasteiger partial charge < -0.3 is 19.8 Å². The van der Waals surface area contributed by atoms with Gasteiger partial charge in [-0.05, 0) is 0 Å². The van der Waals surface area contributed by atoms with Gasteiger partial charge in [0.15, 0.2) is 0 Å². The molecular formula is C3H5LiNO6P. The molecule has 7 nitrogen and oxygen atoms in total. The molecule has 2 N–H and O–H groups in total. The van der Waals surface area contributed by atoms with E-state index in [-0.39, 0.29) is 18.9 Å². The molecule has 0 aliphatic heterocycles. The van der Waals surface area contributed by atoms with Gasteiger partial charge in [0.05, 0.1) is 0 Å². The topological polar surface area (TPSA) is 118 Å². The second-order valence-electron chi connectivity index (χ2n) is 1.65. The van der Waals surface area contributed by atoms with Crippen LogP contribution in [0.4, 0.5) is 0 Å². The molecule has 0 rings (SSSR count). The van der Waals surface area contributed by atoms with Crippen molar-refractivity contribution in [1.29, 1.82) is 0 Å². The van der Waals surface area contributed by atoms with Crippen LogP contribution in [0.2, 0.25) is 0 Å². The molecule has 0 aromatic carbocycles. The maximum atomic E-state index is 10.3. The first-order valence-corrected chi connectivity index (χ1v) is 3.91. The molecule has 1 amide bonds. The second-order valence-corrected chi connectivity index (χ2v) is 3.04. The molecule has 0 unspecified atom stereocenters. The van der Waals surface area contributed by atoms with Gasteiger partial charge in [-0.3, -0.25) is 9.59 Å². The molecule has 0 heterocycles. The van der Waals surface area contributed by atoms with Gasteiger partial charge in [-0.25, -0.2) is 4.57 Å². The number of hydrogen-bond donors (Lipinski definition) is 2. The summed E-state index contributed by atoms with van der Waals surface area (Å²) in [6.45, 7) is 0.739. The molecule has 0 saturated heterocycles. The van der Waals surface area contributed by atoms with Crippen LogP contribution < -0.4 is 18.9 Å². The van der Waals surface area contributed by atoms with Crippen LogP contribution in [0.25, 0.3) is 0 Å². The zero-order chi connectivity index (χ0) is 9.23. The Morgan fingerprint density at radius 2 is 1.75 bits per heavy atom. The molecule has 0 spiro atoms. The van der Waals surface area contributed by atoms with Gasteiger partial charge >= 0.3 is 26.6 Å². The first-order chi connectivity index (χ1) is 4.76. The van der Waals surface area contributed by atoms with E-state index in [4.69, 9.17) is 9.79 Å². The number of nitrogens with zero attached hydrogens (tertiary/aromatic N) is 1. The molecule has 0 aromatic heterocycles. The fourth-order valence-corrected chi connectivity index (χ4v) is 0.630. The van der Waals surface area contributed by atoms with Crippen LogP contribution in [-0.2, 0) is 14.2 Å². The van der Waals surface area contributed by atoms with Gasteiger partial charge in [-0.2, -0.15) is 0 Å². The van der Waals surface area contributed by atoms with Gasteiger partial charge in [-0.1, -0.05) is 0 Å². The van der Waals surface area contributed by atoms with Crippen molar-refractivity contribution in [1.82, 2.24) is 4.83 Å². The molecule has 0 saturated carbocycles. The standard InChI is InChI=1S/C3H5NO6P.Li/c1-2(5)3(6)4(7)11(8,9)10;/h1H3,(H2,8,9,10);/q-1;+1. The average molecular weight is 189 g/mol. The average Bonchev–Trinajstić information content (AvgIpc) is 1.82. The van der Waals surface area contributed by atoms with Crippen LogP contribution in [0, 0.1) is 5.21 Å². The quantitative estimate of drug-likeness (QED) is 0.198. The summed E-state index contributed by atoms with van der Waals surface area (Å²) in [5.41, 5.74) is 0. The van der Waals surface area contributed by atoms with E-state index >= 15 is 0 Å². The summed E-state index contributed by atoms with van der Waals surface area (Å²) in [6, 6.07) is 0. The fraction of sp³-hybridized carbons (Fsp3) is 0.333. The monoisotopic (exact) mass is 189 g/mol. The maximum Gasteiger partial charge on any atom is 1.00 e. The maximum absolute atomic E-state index is 10.3. The largest absolute Gasteiger partial charge is 1.00 e. The molecule has 0 atom stereocenters. The summed E-state index contributed by atoms with van der Waals surface area (Å²) in [5, 5.41) is 10.2. The number of hydrogen-bond acceptors (Lipinski definition) is 4. The van der Waals surface area contributed by atoms with Crippen LogP contribution in [0.1, 0.15) is 6.92 Å². The molecule has 9 heteroatoms. The van der Waals surface area contributed by atoms with E-state index in [1.165, 1.54) is 0 Å². The van der Waals surface area contributed by atoms with E-state index < -0.39 is 24.3 Å². The Hall–Kier alpha value is -0.153. The summed E-state index contributed by atoms with van der Waals surface area (Å²) in [6.07, 6.45) is 0. The molecule has 0 aliphatic rings. The smallest absolute Gasteiger partial charge is 0.747 e. The number of hydroxylamine groups is 1. The van der Waals surface area contributed by atoms with Crippen LogP contribution >= 0.6 is 7.75 Å². The zero-order valence-electron chi connectivity index (χ0n) is 6.42. The SMILES string of the molecule is CC(=O)C(=O)N([O-])P(=O)(O)O.[Li+]. The van der Waals surface area contributed by atoms with E-state index in [1.54, 1.807) is 0 Å². The van der Waals surface area contributed by atoms with E-state index in [9.17, 15) is 19.4 Å². The summed E-state index contributed by atoms with van der Waals surface area (Å²) >= 11 is 0. The molecule has 0 fully saturated rings. The number of ketones is 1. The van der Waals surface area contributed by atoms with Gasteiger partial charge in [0.2, 0.25) is 5.78 Å². The normalized spacial score (nSPS) is 10.0. The van der Waals surface area contributed by atoms with Gasteiger partial charge in [0.25, 0.3) is 5.91 Å². The number of Topliss-reactive ketones (excluding diaryl/α,β-unsaturated/α-hetero) is 1. The minimum atomic E-state index is -5.16. The van der Waals surface area contributed by atoms with Gasteiger partial charge in [-0.15, -0.1) is 0 Å². The van der Waals surface area contributed by atoms with Crippen molar-refractivity contribution in [2.75, 3.05) is 0 Å². The van der Waals surface area contributed by atoms with E-state index in [2.05, 4.69) is 0 Å². The Balaban J connectivity index is 0. The molecule has 0 bridgehead atoms. The van der Waals surface area contributed by atoms with Crippen molar-refractivity contribution < 1.29 is 42.8 Å². The van der Waals surface area contributed by atoms with Crippen LogP contribution in [0.5, 0.6) is 0 Å². The zero-order valence-corrected chi connectivity index (χ0v) is 7.32. The number of rotatable bonds is 2. The number of carbonyl (C=O) groups excluding carboxylic acids is 2. The third kappa shape index (κ3) is 4.02. The summed E-state index contributed by atoms with van der Waals surface area (Å²) < 4.78 is 10.0. The predicted molar refractivity (Wildman–Crippen MR) is 32.9 cm³/mol. The van der Waals surface area contributed by atoms with Crippen LogP contribution in [-0.4, -0.2) is 26.3 Å². The van der Waals surface area contributed by atoms with Gasteiger partial charge in [0, 0.05) is 6.92 Å². The van der Waals surface area contributed by atoms with Crippen molar-refractivity contribution in [2.45, 2.75) is 6.92 Å². The number of carbonyl (C=O) groups is 2. The van der Waals surface area contributed by atoms with Crippen molar-refractivity contribution >= 4 is 19.4 Å². The summed E-state index contributed by atoms with van der Waals surface area (Å²) in [5.74, 6) is -2.97. The Morgan fingerprint density at radius 1 is 1.42 bits per heavy atom. The molecule has 12 heavy (non-hydrogen) atoms. The fourth-order valence-electron chi connectivity index (χ4n) is 0.253. The van der Waals surface area contributed by atoms with E-state index in [0.29, 0.717) is 0 Å². The minimum Gasteiger partial charge on any atom is -0.747 e. The van der Waals surface area contributed by atoms with Crippen molar-refractivity contribution in [2.24, 2.45) is 0 Å². The van der Waals surface area contributed by atoms with Crippen LogP contribution in [0.15, 0.2) is 0 Å². The molecular weight excluding hydrogens is 184 g/mol. The van der Waals surface area contributed by atoms with Crippen LogP contribution in [0.3, 0.4) is 0 Å². The number of amides is 1. The van der Waals surface area contributed by atoms with Crippen molar-refractivity contribution in [3.05, 3.63) is 5.21 Å². The molecule has 0 aliphatic carbocycles. The molecule has 0 radical (unpaired) electrons. The first kappa shape index (κ1) is 14.4. The van der Waals surface area contributed by atoms with E-state index in [0.717, 1.165) is 6.92 Å². The molecule has 0 aromatic rings. The molecule has 64 valence electrons. The Labute approximate surface area is 79.7 Å². The third-order valence-corrected chi connectivity index (χ3v) is 1.37.